The largest absolute Gasteiger partial charge is 0.456 e. The van der Waals surface area contributed by atoms with E-state index >= 15 is 0 Å². The molecule has 5 nitrogen and oxygen atoms in total. The number of thiophene rings is 1. The van der Waals surface area contributed by atoms with E-state index in [1.54, 1.807) is 0 Å². The van der Waals surface area contributed by atoms with Crippen molar-refractivity contribution in [1.29, 1.82) is 0 Å². The standard InChI is InChI=1S/C45H33N3O2S/c46-44(27-11-2-1-3-12-27)48-45(28-23-24-40-37(25-28)31-15-5-6-21-38(31)49-40)47-26-29-13-8-18-35-36-20-10-19-34(43(36)51-42(29)35)33-17-9-16-32-30-14-4-7-22-39(30)50-41(32)33/h1-25,44-45,47-48H,26,46H2. The van der Waals surface area contributed by atoms with Gasteiger partial charge in [0, 0.05) is 59.4 Å². The van der Waals surface area contributed by atoms with Crippen molar-refractivity contribution >= 4 is 75.4 Å². The number of rotatable bonds is 8. The molecule has 4 N–H and O–H groups in total. The van der Waals surface area contributed by atoms with Crippen LogP contribution in [-0.2, 0) is 6.54 Å². The zero-order valence-electron chi connectivity index (χ0n) is 27.6. The van der Waals surface area contributed by atoms with Gasteiger partial charge in [0.2, 0.25) is 0 Å². The molecular weight excluding hydrogens is 647 g/mol. The summed E-state index contributed by atoms with van der Waals surface area (Å²) in [6.07, 6.45) is -0.603. The number of furan rings is 2. The highest BCUT2D eigenvalue weighted by molar-refractivity contribution is 7.26. The highest BCUT2D eigenvalue weighted by Gasteiger charge is 2.20. The molecule has 0 radical (unpaired) electrons. The first-order valence-corrected chi connectivity index (χ1v) is 18.1. The summed E-state index contributed by atoms with van der Waals surface area (Å²) in [6, 6.07) is 52.8. The van der Waals surface area contributed by atoms with Gasteiger partial charge in [0.25, 0.3) is 0 Å². The molecule has 0 aliphatic heterocycles. The monoisotopic (exact) mass is 679 g/mol. The fraction of sp³-hybridized carbons (Fsp3) is 0.0667. The minimum Gasteiger partial charge on any atom is -0.456 e. The van der Waals surface area contributed by atoms with Crippen LogP contribution in [0.15, 0.2) is 160 Å². The van der Waals surface area contributed by atoms with Crippen LogP contribution in [0, 0.1) is 0 Å². The lowest BCUT2D eigenvalue weighted by Gasteiger charge is -2.25. The lowest BCUT2D eigenvalue weighted by Crippen LogP contribution is -2.39. The normalized spacial score (nSPS) is 13.3. The third-order valence-corrected chi connectivity index (χ3v) is 11.4. The highest BCUT2D eigenvalue weighted by Crippen LogP contribution is 2.44. The van der Waals surface area contributed by atoms with Gasteiger partial charge in [0.1, 0.15) is 22.3 Å². The van der Waals surface area contributed by atoms with Gasteiger partial charge in [-0.3, -0.25) is 10.6 Å². The fourth-order valence-corrected chi connectivity index (χ4v) is 8.87. The summed E-state index contributed by atoms with van der Waals surface area (Å²) < 4.78 is 15.2. The molecule has 0 aliphatic carbocycles. The number of nitrogens with one attached hydrogen (secondary N) is 2. The Balaban J connectivity index is 1.05. The number of nitrogens with two attached hydrogens (primary N) is 1. The molecule has 0 amide bonds. The molecule has 7 aromatic carbocycles. The van der Waals surface area contributed by atoms with Crippen molar-refractivity contribution < 1.29 is 8.83 Å². The molecule has 246 valence electrons. The summed E-state index contributed by atoms with van der Waals surface area (Å²) >= 11 is 1.85. The van der Waals surface area contributed by atoms with Crippen LogP contribution in [-0.4, -0.2) is 0 Å². The SMILES string of the molecule is NC(NC(NCc1cccc2c1sc1c(-c3cccc4c3oc3ccccc34)cccc12)c1ccc2oc3ccccc3c2c1)c1ccccc1. The molecule has 3 aromatic heterocycles. The summed E-state index contributed by atoms with van der Waals surface area (Å²) in [7, 11) is 0. The smallest absolute Gasteiger partial charge is 0.143 e. The van der Waals surface area contributed by atoms with Crippen LogP contribution in [0.5, 0.6) is 0 Å². The predicted octanol–water partition coefficient (Wildman–Crippen LogP) is 11.6. The highest BCUT2D eigenvalue weighted by atomic mass is 32.1. The fourth-order valence-electron chi connectivity index (χ4n) is 7.53. The zero-order valence-corrected chi connectivity index (χ0v) is 28.4. The van der Waals surface area contributed by atoms with Crippen molar-refractivity contribution in [2.75, 3.05) is 0 Å². The van der Waals surface area contributed by atoms with Crippen LogP contribution in [0.25, 0.3) is 75.2 Å². The molecule has 0 bridgehead atoms. The third kappa shape index (κ3) is 5.11. The van der Waals surface area contributed by atoms with E-state index in [1.165, 1.54) is 31.3 Å². The lowest BCUT2D eigenvalue weighted by atomic mass is 10.00. The molecule has 51 heavy (non-hydrogen) atoms. The first-order valence-electron chi connectivity index (χ1n) is 17.2. The Kier molecular flexibility index (Phi) is 7.22. The van der Waals surface area contributed by atoms with Crippen molar-refractivity contribution in [3.8, 4) is 11.1 Å². The van der Waals surface area contributed by atoms with Crippen molar-refractivity contribution in [1.82, 2.24) is 10.6 Å². The second-order valence-electron chi connectivity index (χ2n) is 13.1. The number of para-hydroxylation sites is 3. The first-order chi connectivity index (χ1) is 25.2. The van der Waals surface area contributed by atoms with Crippen molar-refractivity contribution in [3.05, 3.63) is 168 Å². The van der Waals surface area contributed by atoms with Gasteiger partial charge in [0.05, 0.1) is 12.3 Å². The number of benzene rings is 7. The van der Waals surface area contributed by atoms with Crippen LogP contribution in [0.4, 0.5) is 0 Å². The van der Waals surface area contributed by atoms with Crippen LogP contribution in [0.3, 0.4) is 0 Å². The Morgan fingerprint density at radius 2 is 1.14 bits per heavy atom. The van der Waals surface area contributed by atoms with E-state index in [0.717, 1.165) is 60.6 Å². The van der Waals surface area contributed by atoms with Crippen LogP contribution < -0.4 is 16.4 Å². The molecular formula is C45H33N3O2S. The Morgan fingerprint density at radius 1 is 0.510 bits per heavy atom. The Hall–Kier alpha value is -5.76. The van der Waals surface area contributed by atoms with Gasteiger partial charge in [-0.15, -0.1) is 11.3 Å². The van der Waals surface area contributed by atoms with Gasteiger partial charge in [-0.25, -0.2) is 0 Å². The van der Waals surface area contributed by atoms with Crippen LogP contribution in [0.1, 0.15) is 29.0 Å². The van der Waals surface area contributed by atoms with E-state index in [-0.39, 0.29) is 12.3 Å². The molecule has 0 fully saturated rings. The van der Waals surface area contributed by atoms with Gasteiger partial charge in [0.15, 0.2) is 0 Å². The van der Waals surface area contributed by atoms with E-state index < -0.39 is 0 Å². The molecule has 3 heterocycles. The van der Waals surface area contributed by atoms with E-state index in [1.807, 2.05) is 53.8 Å². The quantitative estimate of drug-likeness (QED) is 0.139. The summed E-state index contributed by atoms with van der Waals surface area (Å²) in [5.74, 6) is 0. The summed E-state index contributed by atoms with van der Waals surface area (Å²) in [6.45, 7) is 0.641. The average molecular weight is 680 g/mol. The second kappa shape index (κ2) is 12.2. The molecule has 2 atom stereocenters. The molecule has 0 aliphatic rings. The van der Waals surface area contributed by atoms with E-state index in [0.29, 0.717) is 6.54 Å². The first kappa shape index (κ1) is 30.1. The molecule has 6 heteroatoms. The average Bonchev–Trinajstić information content (AvgIpc) is 3.88. The number of fused-ring (bicyclic) bond motifs is 9. The molecule has 10 rings (SSSR count). The van der Waals surface area contributed by atoms with Crippen molar-refractivity contribution in [3.63, 3.8) is 0 Å². The predicted molar refractivity (Wildman–Crippen MR) is 212 cm³/mol. The molecule has 0 spiro atoms. The Labute approximate surface area is 297 Å². The van der Waals surface area contributed by atoms with E-state index in [4.69, 9.17) is 14.6 Å². The third-order valence-electron chi connectivity index (χ3n) is 10.0. The Morgan fingerprint density at radius 3 is 1.96 bits per heavy atom. The molecule has 10 aromatic rings. The van der Waals surface area contributed by atoms with Gasteiger partial charge in [-0.05, 0) is 41.0 Å². The maximum atomic E-state index is 6.79. The lowest BCUT2D eigenvalue weighted by molar-refractivity contribution is 0.386. The molecule has 0 saturated carbocycles. The minimum absolute atomic E-state index is 0.232. The van der Waals surface area contributed by atoms with E-state index in [2.05, 4.69) is 120 Å². The topological polar surface area (TPSA) is 76.4 Å². The second-order valence-corrected chi connectivity index (χ2v) is 14.1. The summed E-state index contributed by atoms with van der Waals surface area (Å²) in [4.78, 5) is 0. The minimum atomic E-state index is -0.371. The maximum absolute atomic E-state index is 6.79. The summed E-state index contributed by atoms with van der Waals surface area (Å²) in [5.41, 5.74) is 16.0. The van der Waals surface area contributed by atoms with Crippen molar-refractivity contribution in [2.45, 2.75) is 18.9 Å². The summed E-state index contributed by atoms with van der Waals surface area (Å²) in [5, 5.41) is 14.5. The number of hydrogen-bond acceptors (Lipinski definition) is 6. The molecule has 2 unspecified atom stereocenters. The van der Waals surface area contributed by atoms with Gasteiger partial charge in [-0.1, -0.05) is 127 Å². The van der Waals surface area contributed by atoms with Crippen LogP contribution in [0.2, 0.25) is 0 Å². The van der Waals surface area contributed by atoms with Gasteiger partial charge in [-0.2, -0.15) is 0 Å². The van der Waals surface area contributed by atoms with Crippen LogP contribution >= 0.6 is 11.3 Å². The zero-order chi connectivity index (χ0) is 33.9. The Bertz CT molecular complexity index is 2890. The molecule has 0 saturated heterocycles. The van der Waals surface area contributed by atoms with Gasteiger partial charge >= 0.3 is 0 Å². The maximum Gasteiger partial charge on any atom is 0.143 e. The van der Waals surface area contributed by atoms with E-state index in [9.17, 15) is 0 Å². The van der Waals surface area contributed by atoms with Gasteiger partial charge < -0.3 is 14.6 Å². The number of hydrogen-bond donors (Lipinski definition) is 3. The van der Waals surface area contributed by atoms with Crippen molar-refractivity contribution in [2.24, 2.45) is 5.73 Å².